The summed E-state index contributed by atoms with van der Waals surface area (Å²) >= 11 is 0. The van der Waals surface area contributed by atoms with Gasteiger partial charge in [0, 0.05) is 38.2 Å². The van der Waals surface area contributed by atoms with E-state index in [2.05, 4.69) is 20.0 Å². The van der Waals surface area contributed by atoms with Crippen molar-refractivity contribution < 1.29 is 22.7 Å². The molecule has 0 aliphatic carbocycles. The van der Waals surface area contributed by atoms with Crippen molar-refractivity contribution in [1.82, 2.24) is 19.9 Å². The van der Waals surface area contributed by atoms with Gasteiger partial charge in [-0.15, -0.1) is 0 Å². The number of aromatic nitrogens is 3. The molecule has 1 amide bonds. The predicted octanol–water partition coefficient (Wildman–Crippen LogP) is 1.62. The third-order valence-electron chi connectivity index (χ3n) is 2.91. The molecule has 0 fully saturated rings. The minimum atomic E-state index is -4.42. The van der Waals surface area contributed by atoms with Crippen molar-refractivity contribution in [1.29, 1.82) is 0 Å². The van der Waals surface area contributed by atoms with Gasteiger partial charge in [0.25, 0.3) is 0 Å². The van der Waals surface area contributed by atoms with E-state index in [1.165, 1.54) is 12.3 Å². The first-order chi connectivity index (χ1) is 10.8. The number of halogens is 3. The first-order valence-corrected chi connectivity index (χ1v) is 6.71. The topological polar surface area (TPSA) is 69.0 Å². The van der Waals surface area contributed by atoms with Gasteiger partial charge in [-0.25, -0.2) is 9.97 Å². The molecular weight excluding hydrogens is 313 g/mol. The monoisotopic (exact) mass is 328 g/mol. The largest absolute Gasteiger partial charge is 0.468 e. The fourth-order valence-corrected chi connectivity index (χ4v) is 1.77. The number of hydrogen-bond acceptors (Lipinski definition) is 4. The molecule has 0 bridgehead atoms. The molecule has 0 saturated heterocycles. The molecule has 0 aliphatic rings. The van der Waals surface area contributed by atoms with Crippen molar-refractivity contribution >= 4 is 5.91 Å². The fraction of sp³-hybridized carbons (Fsp3) is 0.357. The van der Waals surface area contributed by atoms with Crippen LogP contribution in [0, 0.1) is 0 Å². The summed E-state index contributed by atoms with van der Waals surface area (Å²) in [5.41, 5.74) is 0.588. The molecule has 2 aromatic rings. The normalized spacial score (nSPS) is 11.3. The van der Waals surface area contributed by atoms with E-state index in [4.69, 9.17) is 0 Å². The zero-order chi connectivity index (χ0) is 16.9. The summed E-state index contributed by atoms with van der Waals surface area (Å²) in [7, 11) is 1.78. The van der Waals surface area contributed by atoms with Gasteiger partial charge in [0.1, 0.15) is 5.82 Å². The van der Waals surface area contributed by atoms with E-state index in [9.17, 15) is 18.0 Å². The summed E-state index contributed by atoms with van der Waals surface area (Å²) in [5, 5.41) is 2.67. The predicted molar refractivity (Wildman–Crippen MR) is 74.5 cm³/mol. The van der Waals surface area contributed by atoms with Crippen LogP contribution in [-0.4, -0.2) is 33.2 Å². The molecule has 0 aliphatic heterocycles. The third kappa shape index (κ3) is 5.61. The van der Waals surface area contributed by atoms with E-state index in [0.717, 1.165) is 0 Å². The number of imidazole rings is 1. The van der Waals surface area contributed by atoms with Crippen molar-refractivity contribution in [3.8, 4) is 5.88 Å². The van der Waals surface area contributed by atoms with Gasteiger partial charge >= 0.3 is 6.18 Å². The van der Waals surface area contributed by atoms with Crippen LogP contribution in [-0.2, 0) is 24.8 Å². The zero-order valence-electron chi connectivity index (χ0n) is 12.3. The second kappa shape index (κ2) is 7.12. The molecule has 2 rings (SSSR count). The molecular formula is C14H15F3N4O2. The summed E-state index contributed by atoms with van der Waals surface area (Å²) in [6.07, 6.45) is 0.345. The maximum atomic E-state index is 12.1. The molecule has 1 N–H and O–H groups in total. The molecule has 6 nitrogen and oxygen atoms in total. The van der Waals surface area contributed by atoms with Crippen molar-refractivity contribution in [3.05, 3.63) is 42.1 Å². The Morgan fingerprint density at radius 3 is 2.78 bits per heavy atom. The molecule has 0 radical (unpaired) electrons. The standard InChI is InChI=1S/C14H15F3N4O2/c1-21-5-4-18-11(21)7-12(22)20-8-10-2-3-19-13(6-10)23-9-14(15,16)17/h2-6H,7-9H2,1H3,(H,20,22). The molecule has 2 heterocycles. The van der Waals surface area contributed by atoms with Gasteiger partial charge in [0.2, 0.25) is 11.8 Å². The minimum absolute atomic E-state index is 0.117. The quantitative estimate of drug-likeness (QED) is 0.875. The number of rotatable bonds is 6. The summed E-state index contributed by atoms with van der Waals surface area (Å²) in [5.74, 6) is 0.235. The third-order valence-corrected chi connectivity index (χ3v) is 2.91. The molecule has 0 unspecified atom stereocenters. The van der Waals surface area contributed by atoms with E-state index in [1.54, 1.807) is 30.1 Å². The minimum Gasteiger partial charge on any atom is -0.468 e. The van der Waals surface area contributed by atoms with Crippen LogP contribution in [0.1, 0.15) is 11.4 Å². The van der Waals surface area contributed by atoms with Crippen LogP contribution < -0.4 is 10.1 Å². The Labute approximate surface area is 130 Å². The van der Waals surface area contributed by atoms with E-state index in [0.29, 0.717) is 11.4 Å². The highest BCUT2D eigenvalue weighted by Gasteiger charge is 2.28. The zero-order valence-corrected chi connectivity index (χ0v) is 12.3. The lowest BCUT2D eigenvalue weighted by Crippen LogP contribution is -2.25. The number of carbonyl (C=O) groups is 1. The van der Waals surface area contributed by atoms with Gasteiger partial charge in [0.15, 0.2) is 6.61 Å². The van der Waals surface area contributed by atoms with Crippen molar-refractivity contribution in [2.24, 2.45) is 7.05 Å². The van der Waals surface area contributed by atoms with Crippen molar-refractivity contribution in [3.63, 3.8) is 0 Å². The molecule has 0 aromatic carbocycles. The Morgan fingerprint density at radius 2 is 2.13 bits per heavy atom. The average Bonchev–Trinajstić information content (AvgIpc) is 2.88. The van der Waals surface area contributed by atoms with Gasteiger partial charge < -0.3 is 14.6 Å². The summed E-state index contributed by atoms with van der Waals surface area (Å²) < 4.78 is 42.6. The number of carbonyl (C=O) groups excluding carboxylic acids is 1. The Bertz CT molecular complexity index is 670. The van der Waals surface area contributed by atoms with Crippen LogP contribution in [0.5, 0.6) is 5.88 Å². The Hall–Kier alpha value is -2.58. The Morgan fingerprint density at radius 1 is 1.35 bits per heavy atom. The molecule has 9 heteroatoms. The fourth-order valence-electron chi connectivity index (χ4n) is 1.77. The van der Waals surface area contributed by atoms with Crippen LogP contribution in [0.25, 0.3) is 0 Å². The maximum Gasteiger partial charge on any atom is 0.422 e. The van der Waals surface area contributed by atoms with Crippen molar-refractivity contribution in [2.45, 2.75) is 19.1 Å². The number of hydrogen-bond donors (Lipinski definition) is 1. The van der Waals surface area contributed by atoms with Gasteiger partial charge in [-0.2, -0.15) is 13.2 Å². The second-order valence-corrected chi connectivity index (χ2v) is 4.81. The van der Waals surface area contributed by atoms with Gasteiger partial charge in [-0.05, 0) is 11.6 Å². The molecule has 0 atom stereocenters. The first-order valence-electron chi connectivity index (χ1n) is 6.71. The summed E-state index contributed by atoms with van der Waals surface area (Å²) in [6, 6.07) is 2.94. The second-order valence-electron chi connectivity index (χ2n) is 4.81. The number of nitrogens with zero attached hydrogens (tertiary/aromatic N) is 3. The van der Waals surface area contributed by atoms with Crippen LogP contribution in [0.2, 0.25) is 0 Å². The number of ether oxygens (including phenoxy) is 1. The van der Waals surface area contributed by atoms with Gasteiger partial charge in [-0.1, -0.05) is 0 Å². The SMILES string of the molecule is Cn1ccnc1CC(=O)NCc1ccnc(OCC(F)(F)F)c1. The molecule has 124 valence electrons. The number of amides is 1. The van der Waals surface area contributed by atoms with Crippen LogP contribution >= 0.6 is 0 Å². The molecule has 23 heavy (non-hydrogen) atoms. The molecule has 0 saturated carbocycles. The lowest BCUT2D eigenvalue weighted by atomic mass is 10.2. The average molecular weight is 328 g/mol. The Kier molecular flexibility index (Phi) is 5.20. The summed E-state index contributed by atoms with van der Waals surface area (Å²) in [6.45, 7) is -1.25. The summed E-state index contributed by atoms with van der Waals surface area (Å²) in [4.78, 5) is 19.5. The van der Waals surface area contributed by atoms with E-state index >= 15 is 0 Å². The van der Waals surface area contributed by atoms with E-state index < -0.39 is 12.8 Å². The van der Waals surface area contributed by atoms with Crippen LogP contribution in [0.3, 0.4) is 0 Å². The molecule has 2 aromatic heterocycles. The van der Waals surface area contributed by atoms with Crippen LogP contribution in [0.4, 0.5) is 13.2 Å². The molecule has 0 spiro atoms. The highest BCUT2D eigenvalue weighted by atomic mass is 19.4. The first kappa shape index (κ1) is 16.8. The number of aryl methyl sites for hydroxylation is 1. The maximum absolute atomic E-state index is 12.1. The lowest BCUT2D eigenvalue weighted by Gasteiger charge is -2.10. The Balaban J connectivity index is 1.85. The highest BCUT2D eigenvalue weighted by Crippen LogP contribution is 2.17. The number of alkyl halides is 3. The van der Waals surface area contributed by atoms with Gasteiger partial charge in [-0.3, -0.25) is 4.79 Å². The van der Waals surface area contributed by atoms with E-state index in [-0.39, 0.29) is 24.8 Å². The van der Waals surface area contributed by atoms with Gasteiger partial charge in [0.05, 0.1) is 6.42 Å². The van der Waals surface area contributed by atoms with Crippen LogP contribution in [0.15, 0.2) is 30.7 Å². The highest BCUT2D eigenvalue weighted by molar-refractivity contribution is 5.77. The lowest BCUT2D eigenvalue weighted by molar-refractivity contribution is -0.154. The number of nitrogens with one attached hydrogen (secondary N) is 1. The smallest absolute Gasteiger partial charge is 0.422 e. The number of pyridine rings is 1. The van der Waals surface area contributed by atoms with Crippen molar-refractivity contribution in [2.75, 3.05) is 6.61 Å². The van der Waals surface area contributed by atoms with E-state index in [1.807, 2.05) is 0 Å².